The number of hydrogen-bond acceptors (Lipinski definition) is 4. The summed E-state index contributed by atoms with van der Waals surface area (Å²) in [6, 6.07) is 3.22. The van der Waals surface area contributed by atoms with Gasteiger partial charge in [0.25, 0.3) is 0 Å². The second kappa shape index (κ2) is 6.32. The molecule has 118 valence electrons. The van der Waals surface area contributed by atoms with Gasteiger partial charge in [0, 0.05) is 11.3 Å². The molecule has 2 heterocycles. The number of nitrogens with one attached hydrogen (secondary N) is 2. The summed E-state index contributed by atoms with van der Waals surface area (Å²) in [7, 11) is 0. The number of ketones is 2. The summed E-state index contributed by atoms with van der Waals surface area (Å²) in [5, 5.41) is 3.22. The van der Waals surface area contributed by atoms with Gasteiger partial charge in [-0.05, 0) is 52.3 Å². The van der Waals surface area contributed by atoms with Crippen molar-refractivity contribution < 1.29 is 14.0 Å². The van der Waals surface area contributed by atoms with Crippen molar-refractivity contribution in [3.63, 3.8) is 0 Å². The number of hydrogen-bond donors (Lipinski definition) is 2. The number of carbonyl (C=O) groups excluding carboxylic acids is 2. The van der Waals surface area contributed by atoms with Gasteiger partial charge in [-0.25, -0.2) is 0 Å². The summed E-state index contributed by atoms with van der Waals surface area (Å²) in [5.74, 6) is 0.685. The third kappa shape index (κ3) is 3.04. The summed E-state index contributed by atoms with van der Waals surface area (Å²) >= 11 is 0. The van der Waals surface area contributed by atoms with E-state index in [-0.39, 0.29) is 17.6 Å². The fourth-order valence-corrected chi connectivity index (χ4v) is 2.81. The Hall–Kier alpha value is -2.14. The van der Waals surface area contributed by atoms with E-state index in [0.717, 1.165) is 11.5 Å². The maximum absolute atomic E-state index is 12.6. The lowest BCUT2D eigenvalue weighted by Gasteiger charge is -2.17. The first-order valence-corrected chi connectivity index (χ1v) is 7.36. The molecule has 5 heteroatoms. The largest absolute Gasteiger partial charge is 0.468 e. The minimum Gasteiger partial charge on any atom is -0.468 e. The van der Waals surface area contributed by atoms with Gasteiger partial charge in [0.15, 0.2) is 11.6 Å². The number of furan rings is 1. The highest BCUT2D eigenvalue weighted by atomic mass is 16.3. The highest BCUT2D eigenvalue weighted by Crippen LogP contribution is 2.21. The lowest BCUT2D eigenvalue weighted by atomic mass is 10.0. The SMILES string of the molecule is CC(=O)c1c(C)[nH]c(C(=O)[C@@H](C)N[C@@H](C)c2ccco2)c1C. The predicted molar refractivity (Wildman–Crippen MR) is 84.3 cm³/mol. The number of aromatic amines is 1. The molecule has 0 aromatic carbocycles. The van der Waals surface area contributed by atoms with Crippen LogP contribution < -0.4 is 5.32 Å². The van der Waals surface area contributed by atoms with E-state index < -0.39 is 6.04 Å². The van der Waals surface area contributed by atoms with Crippen molar-refractivity contribution in [1.82, 2.24) is 10.3 Å². The van der Waals surface area contributed by atoms with Crippen molar-refractivity contribution in [1.29, 1.82) is 0 Å². The molecule has 2 aromatic rings. The van der Waals surface area contributed by atoms with Crippen LogP contribution in [-0.4, -0.2) is 22.6 Å². The first-order valence-electron chi connectivity index (χ1n) is 7.36. The van der Waals surface area contributed by atoms with Crippen LogP contribution in [0.1, 0.15) is 64.7 Å². The maximum atomic E-state index is 12.6. The average Bonchev–Trinajstić information content (AvgIpc) is 3.05. The first-order chi connectivity index (χ1) is 10.3. The van der Waals surface area contributed by atoms with Crippen molar-refractivity contribution in [2.24, 2.45) is 0 Å². The molecule has 2 rings (SSSR count). The Kier molecular flexibility index (Phi) is 4.66. The molecule has 2 aromatic heterocycles. The molecule has 0 aliphatic carbocycles. The normalized spacial score (nSPS) is 13.9. The third-order valence-electron chi connectivity index (χ3n) is 3.90. The van der Waals surface area contributed by atoms with Crippen LogP contribution in [0, 0.1) is 13.8 Å². The molecule has 0 amide bonds. The van der Waals surface area contributed by atoms with E-state index in [1.807, 2.05) is 32.9 Å². The Balaban J connectivity index is 2.18. The summed E-state index contributed by atoms with van der Waals surface area (Å²) in [5.41, 5.74) is 2.55. The van der Waals surface area contributed by atoms with Crippen molar-refractivity contribution >= 4 is 11.6 Å². The fourth-order valence-electron chi connectivity index (χ4n) is 2.81. The number of aryl methyl sites for hydroxylation is 1. The molecule has 0 spiro atoms. The van der Waals surface area contributed by atoms with Crippen LogP contribution in [0.25, 0.3) is 0 Å². The van der Waals surface area contributed by atoms with Gasteiger partial charge < -0.3 is 9.40 Å². The van der Waals surface area contributed by atoms with Crippen LogP contribution in [0.15, 0.2) is 22.8 Å². The van der Waals surface area contributed by atoms with Crippen LogP contribution >= 0.6 is 0 Å². The Bertz CT molecular complexity index is 683. The van der Waals surface area contributed by atoms with Gasteiger partial charge in [-0.15, -0.1) is 0 Å². The van der Waals surface area contributed by atoms with Crippen LogP contribution in [0.3, 0.4) is 0 Å². The van der Waals surface area contributed by atoms with Crippen molar-refractivity contribution in [2.45, 2.75) is 46.7 Å². The predicted octanol–water partition coefficient (Wildman–Crippen LogP) is 3.35. The topological polar surface area (TPSA) is 75.1 Å². The molecule has 0 radical (unpaired) electrons. The number of aromatic nitrogens is 1. The quantitative estimate of drug-likeness (QED) is 0.802. The fraction of sp³-hybridized carbons (Fsp3) is 0.412. The molecular formula is C17H22N2O3. The Labute approximate surface area is 130 Å². The number of Topliss-reactive ketones (excluding diaryl/α,β-unsaturated/α-hetero) is 2. The summed E-state index contributed by atoms with van der Waals surface area (Å²) in [6.45, 7) is 8.87. The van der Waals surface area contributed by atoms with Crippen LogP contribution in [-0.2, 0) is 0 Å². The lowest BCUT2D eigenvalue weighted by Crippen LogP contribution is -2.36. The third-order valence-corrected chi connectivity index (χ3v) is 3.90. The second-order valence-electron chi connectivity index (χ2n) is 5.67. The van der Waals surface area contributed by atoms with E-state index in [1.54, 1.807) is 13.2 Å². The van der Waals surface area contributed by atoms with Gasteiger partial charge in [-0.1, -0.05) is 0 Å². The Morgan fingerprint density at radius 3 is 2.45 bits per heavy atom. The lowest BCUT2D eigenvalue weighted by molar-refractivity contribution is 0.0938. The van der Waals surface area contributed by atoms with Crippen LogP contribution in [0.5, 0.6) is 0 Å². The molecule has 0 aliphatic rings. The molecule has 2 atom stereocenters. The Morgan fingerprint density at radius 1 is 1.27 bits per heavy atom. The minimum absolute atomic E-state index is 0.0325. The molecule has 0 saturated heterocycles. The van der Waals surface area contributed by atoms with E-state index in [9.17, 15) is 9.59 Å². The molecule has 5 nitrogen and oxygen atoms in total. The van der Waals surface area contributed by atoms with Crippen LogP contribution in [0.2, 0.25) is 0 Å². The number of carbonyl (C=O) groups is 2. The zero-order valence-corrected chi connectivity index (χ0v) is 13.6. The molecule has 0 bridgehead atoms. The molecular weight excluding hydrogens is 280 g/mol. The number of rotatable bonds is 6. The van der Waals surface area contributed by atoms with Gasteiger partial charge in [-0.2, -0.15) is 0 Å². The maximum Gasteiger partial charge on any atom is 0.195 e. The molecule has 22 heavy (non-hydrogen) atoms. The first kappa shape index (κ1) is 16.2. The van der Waals surface area contributed by atoms with Gasteiger partial charge in [0.05, 0.1) is 24.0 Å². The Morgan fingerprint density at radius 2 is 1.95 bits per heavy atom. The highest BCUT2D eigenvalue weighted by Gasteiger charge is 2.25. The van der Waals surface area contributed by atoms with Gasteiger partial charge in [0.1, 0.15) is 5.76 Å². The van der Waals surface area contributed by atoms with E-state index >= 15 is 0 Å². The molecule has 0 aliphatic heterocycles. The zero-order chi connectivity index (χ0) is 16.4. The highest BCUT2D eigenvalue weighted by molar-refractivity contribution is 6.05. The van der Waals surface area contributed by atoms with Gasteiger partial charge in [0.2, 0.25) is 0 Å². The molecule has 2 N–H and O–H groups in total. The van der Waals surface area contributed by atoms with E-state index in [1.165, 1.54) is 6.92 Å². The second-order valence-corrected chi connectivity index (χ2v) is 5.67. The van der Waals surface area contributed by atoms with Crippen molar-refractivity contribution in [3.8, 4) is 0 Å². The summed E-state index contributed by atoms with van der Waals surface area (Å²) in [4.78, 5) is 27.3. The van der Waals surface area contributed by atoms with Crippen molar-refractivity contribution in [2.75, 3.05) is 0 Å². The molecule has 0 fully saturated rings. The summed E-state index contributed by atoms with van der Waals surface area (Å²) < 4.78 is 5.33. The number of H-pyrrole nitrogens is 1. The minimum atomic E-state index is -0.392. The molecule has 0 unspecified atom stereocenters. The monoisotopic (exact) mass is 302 g/mol. The van der Waals surface area contributed by atoms with Gasteiger partial charge in [-0.3, -0.25) is 14.9 Å². The van der Waals surface area contributed by atoms with Gasteiger partial charge >= 0.3 is 0 Å². The van der Waals surface area contributed by atoms with E-state index in [2.05, 4.69) is 10.3 Å². The average molecular weight is 302 g/mol. The van der Waals surface area contributed by atoms with E-state index in [0.29, 0.717) is 16.8 Å². The summed E-state index contributed by atoms with van der Waals surface area (Å²) in [6.07, 6.45) is 1.61. The standard InChI is InChI=1S/C17H22N2O3/c1-9-15(13(5)20)11(3)19-16(9)17(21)12(4)18-10(2)14-7-6-8-22-14/h6-8,10,12,18-19H,1-5H3/t10-,12+/m0/s1. The smallest absolute Gasteiger partial charge is 0.195 e. The van der Waals surface area contributed by atoms with E-state index in [4.69, 9.17) is 4.42 Å². The zero-order valence-electron chi connectivity index (χ0n) is 13.6. The molecule has 0 saturated carbocycles. The van der Waals surface area contributed by atoms with Crippen molar-refractivity contribution in [3.05, 3.63) is 46.7 Å². The van der Waals surface area contributed by atoms with Crippen LogP contribution in [0.4, 0.5) is 0 Å².